The molecule has 0 saturated carbocycles. The van der Waals surface area contributed by atoms with Crippen LogP contribution in [0.15, 0.2) is 35.5 Å². The zero-order chi connectivity index (χ0) is 14.1. The number of aromatic nitrogens is 2. The molecule has 0 unspecified atom stereocenters. The number of benzene rings is 1. The number of anilines is 2. The number of hydrogen-bond acceptors (Lipinski definition) is 5. The first-order chi connectivity index (χ1) is 9.69. The normalized spacial score (nSPS) is 10.9. The summed E-state index contributed by atoms with van der Waals surface area (Å²) in [5.74, 6) is 0.884. The standard InChI is InChI=1S/C15H15N3S2/c1-9-10(2)20-15-13(9)14(16-8-17-15)18-11-5-4-6-12(7-11)19-3/h4-8H,1-3H3,(H,16,17,18). The van der Waals surface area contributed by atoms with Gasteiger partial charge in [0.25, 0.3) is 0 Å². The molecule has 2 aromatic heterocycles. The van der Waals surface area contributed by atoms with E-state index in [4.69, 9.17) is 0 Å². The Hall–Kier alpha value is -1.59. The number of thioether (sulfide) groups is 1. The van der Waals surface area contributed by atoms with Crippen LogP contribution in [0.2, 0.25) is 0 Å². The van der Waals surface area contributed by atoms with Gasteiger partial charge >= 0.3 is 0 Å². The third-order valence-corrected chi connectivity index (χ3v) is 5.14. The first-order valence-electron chi connectivity index (χ1n) is 6.31. The highest BCUT2D eigenvalue weighted by Crippen LogP contribution is 2.34. The van der Waals surface area contributed by atoms with Crippen molar-refractivity contribution in [2.24, 2.45) is 0 Å². The summed E-state index contributed by atoms with van der Waals surface area (Å²) in [6, 6.07) is 8.35. The van der Waals surface area contributed by atoms with Crippen molar-refractivity contribution >= 4 is 44.8 Å². The van der Waals surface area contributed by atoms with Gasteiger partial charge in [0, 0.05) is 15.5 Å². The lowest BCUT2D eigenvalue weighted by molar-refractivity contribution is 1.22. The van der Waals surface area contributed by atoms with Gasteiger partial charge in [0.05, 0.1) is 5.39 Å². The Kier molecular flexibility index (Phi) is 3.63. The molecule has 3 aromatic rings. The number of hydrogen-bond donors (Lipinski definition) is 1. The van der Waals surface area contributed by atoms with E-state index in [0.29, 0.717) is 0 Å². The molecule has 0 bridgehead atoms. The summed E-state index contributed by atoms with van der Waals surface area (Å²) in [5, 5.41) is 4.55. The summed E-state index contributed by atoms with van der Waals surface area (Å²) in [4.78, 5) is 12.3. The lowest BCUT2D eigenvalue weighted by Gasteiger charge is -2.08. The molecule has 0 aliphatic heterocycles. The number of nitrogens with one attached hydrogen (secondary N) is 1. The molecule has 0 fully saturated rings. The zero-order valence-corrected chi connectivity index (χ0v) is 13.2. The quantitative estimate of drug-likeness (QED) is 0.707. The first kappa shape index (κ1) is 13.4. The van der Waals surface area contributed by atoms with Crippen molar-refractivity contribution < 1.29 is 0 Å². The minimum atomic E-state index is 0.884. The van der Waals surface area contributed by atoms with Gasteiger partial charge in [-0.15, -0.1) is 23.1 Å². The van der Waals surface area contributed by atoms with Gasteiger partial charge in [-0.25, -0.2) is 9.97 Å². The van der Waals surface area contributed by atoms with Gasteiger partial charge in [0.2, 0.25) is 0 Å². The molecule has 102 valence electrons. The Balaban J connectivity index is 2.06. The van der Waals surface area contributed by atoms with Crippen molar-refractivity contribution in [3.05, 3.63) is 41.0 Å². The van der Waals surface area contributed by atoms with Crippen molar-refractivity contribution in [1.29, 1.82) is 0 Å². The van der Waals surface area contributed by atoms with Crippen LogP contribution < -0.4 is 5.32 Å². The molecule has 0 aliphatic carbocycles. The molecule has 1 aromatic carbocycles. The molecule has 3 rings (SSSR count). The minimum Gasteiger partial charge on any atom is -0.340 e. The van der Waals surface area contributed by atoms with E-state index in [2.05, 4.69) is 59.7 Å². The van der Waals surface area contributed by atoms with Crippen LogP contribution in [0.25, 0.3) is 10.2 Å². The lowest BCUT2D eigenvalue weighted by Crippen LogP contribution is -1.95. The van der Waals surface area contributed by atoms with Gasteiger partial charge < -0.3 is 5.32 Å². The van der Waals surface area contributed by atoms with Gasteiger partial charge in [-0.2, -0.15) is 0 Å². The van der Waals surface area contributed by atoms with Gasteiger partial charge in [0.1, 0.15) is 17.0 Å². The third kappa shape index (κ3) is 2.39. The van der Waals surface area contributed by atoms with Crippen LogP contribution in [0.3, 0.4) is 0 Å². The predicted molar refractivity (Wildman–Crippen MR) is 88.4 cm³/mol. The van der Waals surface area contributed by atoms with E-state index in [-0.39, 0.29) is 0 Å². The molecular weight excluding hydrogens is 286 g/mol. The highest BCUT2D eigenvalue weighted by molar-refractivity contribution is 7.98. The smallest absolute Gasteiger partial charge is 0.142 e. The summed E-state index contributed by atoms with van der Waals surface area (Å²) in [6.45, 7) is 4.25. The SMILES string of the molecule is CSc1cccc(Nc2ncnc3sc(C)c(C)c23)c1. The fourth-order valence-corrected chi connectivity index (χ4v) is 3.57. The second kappa shape index (κ2) is 5.42. The molecular formula is C15H15N3S2. The molecule has 3 nitrogen and oxygen atoms in total. The van der Waals surface area contributed by atoms with Gasteiger partial charge in [-0.05, 0) is 43.9 Å². The van der Waals surface area contributed by atoms with Crippen molar-refractivity contribution in [3.8, 4) is 0 Å². The van der Waals surface area contributed by atoms with Crippen molar-refractivity contribution in [2.75, 3.05) is 11.6 Å². The maximum Gasteiger partial charge on any atom is 0.142 e. The topological polar surface area (TPSA) is 37.8 Å². The predicted octanol–water partition coefficient (Wildman–Crippen LogP) is 4.77. The molecule has 0 atom stereocenters. The molecule has 0 radical (unpaired) electrons. The first-order valence-corrected chi connectivity index (χ1v) is 8.35. The van der Waals surface area contributed by atoms with E-state index in [1.165, 1.54) is 15.3 Å². The maximum atomic E-state index is 4.41. The fraction of sp³-hybridized carbons (Fsp3) is 0.200. The summed E-state index contributed by atoms with van der Waals surface area (Å²) >= 11 is 3.45. The molecule has 5 heteroatoms. The van der Waals surface area contributed by atoms with Crippen molar-refractivity contribution in [2.45, 2.75) is 18.7 Å². The summed E-state index contributed by atoms with van der Waals surface area (Å²) in [7, 11) is 0. The van der Waals surface area contributed by atoms with Crippen LogP contribution in [-0.4, -0.2) is 16.2 Å². The molecule has 20 heavy (non-hydrogen) atoms. The Morgan fingerprint density at radius 1 is 1.20 bits per heavy atom. The van der Waals surface area contributed by atoms with Crippen LogP contribution >= 0.6 is 23.1 Å². The van der Waals surface area contributed by atoms with Crippen LogP contribution in [0.5, 0.6) is 0 Å². The Bertz CT molecular complexity index is 765. The Morgan fingerprint density at radius 3 is 2.85 bits per heavy atom. The lowest BCUT2D eigenvalue weighted by atomic mass is 10.2. The Labute approximate surface area is 126 Å². The molecule has 0 spiro atoms. The largest absolute Gasteiger partial charge is 0.340 e. The van der Waals surface area contributed by atoms with Crippen molar-refractivity contribution in [1.82, 2.24) is 9.97 Å². The average Bonchev–Trinajstić information content (AvgIpc) is 2.75. The number of aryl methyl sites for hydroxylation is 2. The molecule has 1 N–H and O–H groups in total. The number of fused-ring (bicyclic) bond motifs is 1. The highest BCUT2D eigenvalue weighted by atomic mass is 32.2. The maximum absolute atomic E-state index is 4.41. The van der Waals surface area contributed by atoms with Crippen LogP contribution in [0, 0.1) is 13.8 Å². The second-order valence-corrected chi connectivity index (χ2v) is 6.63. The van der Waals surface area contributed by atoms with Crippen LogP contribution in [0.4, 0.5) is 11.5 Å². The molecule has 0 amide bonds. The fourth-order valence-electron chi connectivity index (χ4n) is 2.11. The van der Waals surface area contributed by atoms with E-state index in [9.17, 15) is 0 Å². The summed E-state index contributed by atoms with van der Waals surface area (Å²) in [5.41, 5.74) is 2.31. The monoisotopic (exact) mass is 301 g/mol. The number of nitrogens with zero attached hydrogens (tertiary/aromatic N) is 2. The average molecular weight is 301 g/mol. The minimum absolute atomic E-state index is 0.884. The van der Waals surface area contributed by atoms with Gasteiger partial charge in [0.15, 0.2) is 0 Å². The van der Waals surface area contributed by atoms with Crippen LogP contribution in [0.1, 0.15) is 10.4 Å². The zero-order valence-electron chi connectivity index (χ0n) is 11.6. The summed E-state index contributed by atoms with van der Waals surface area (Å²) < 4.78 is 0. The van der Waals surface area contributed by atoms with Gasteiger partial charge in [-0.1, -0.05) is 6.07 Å². The molecule has 0 aliphatic rings. The Morgan fingerprint density at radius 2 is 2.05 bits per heavy atom. The third-order valence-electron chi connectivity index (χ3n) is 3.30. The van der Waals surface area contributed by atoms with Crippen molar-refractivity contribution in [3.63, 3.8) is 0 Å². The number of rotatable bonds is 3. The van der Waals surface area contributed by atoms with E-state index in [1.807, 2.05) is 0 Å². The van der Waals surface area contributed by atoms with Crippen LogP contribution in [-0.2, 0) is 0 Å². The number of thiophene rings is 1. The molecule has 0 saturated heterocycles. The highest BCUT2D eigenvalue weighted by Gasteiger charge is 2.11. The van der Waals surface area contributed by atoms with Gasteiger partial charge in [-0.3, -0.25) is 0 Å². The molecule has 2 heterocycles. The van der Waals surface area contributed by atoms with E-state index < -0.39 is 0 Å². The van der Waals surface area contributed by atoms with E-state index in [1.54, 1.807) is 29.4 Å². The second-order valence-electron chi connectivity index (χ2n) is 4.54. The summed E-state index contributed by atoms with van der Waals surface area (Å²) in [6.07, 6.45) is 3.70. The van der Waals surface area contributed by atoms with E-state index >= 15 is 0 Å². The van der Waals surface area contributed by atoms with E-state index in [0.717, 1.165) is 21.7 Å².